The Morgan fingerprint density at radius 1 is 1.11 bits per heavy atom. The number of fused-ring (bicyclic) bond motifs is 2. The number of aryl methyl sites for hydroxylation is 2. The van der Waals surface area contributed by atoms with Crippen molar-refractivity contribution in [1.82, 2.24) is 9.88 Å². The number of carbonyl (C=O) groups is 2. The Bertz CT molecular complexity index is 1390. The van der Waals surface area contributed by atoms with E-state index in [0.717, 1.165) is 53.0 Å². The van der Waals surface area contributed by atoms with E-state index in [1.54, 1.807) is 36.0 Å². The van der Waals surface area contributed by atoms with Gasteiger partial charge in [0.25, 0.3) is 6.43 Å². The number of hydrogen-bond donors (Lipinski definition) is 1. The summed E-state index contributed by atoms with van der Waals surface area (Å²) in [6.07, 6.45) is 0.957. The molecule has 2 aliphatic rings. The monoisotopic (exact) mass is 506 g/mol. The standard InChI is InChI=1S/C28H28F2N4O3/c1-4-16-10-24-21(15-32(2)28(37)33(24)3)25(11-16)34-9-5-6-17-12-19(20(26(29)30)13-23(17)34)18-7-8-22(27(35)36)31-14-18/h7-8,10-14,26H,4-6,9,15H2,1-3H3,(H,35,36). The van der Waals surface area contributed by atoms with E-state index in [2.05, 4.69) is 22.9 Å². The predicted octanol–water partition coefficient (Wildman–Crippen LogP) is 6.03. The summed E-state index contributed by atoms with van der Waals surface area (Å²) in [5.74, 6) is -1.17. The molecule has 2 amide bonds. The highest BCUT2D eigenvalue weighted by Gasteiger charge is 2.31. The van der Waals surface area contributed by atoms with Gasteiger partial charge >= 0.3 is 12.0 Å². The second-order valence-corrected chi connectivity index (χ2v) is 9.53. The number of carboxylic acid groups (broad SMARTS) is 1. The Morgan fingerprint density at radius 3 is 2.51 bits per heavy atom. The Labute approximate surface area is 213 Å². The average Bonchev–Trinajstić information content (AvgIpc) is 2.90. The fraction of sp³-hybridized carbons (Fsp3) is 0.321. The van der Waals surface area contributed by atoms with Crippen LogP contribution in [0.5, 0.6) is 0 Å². The highest BCUT2D eigenvalue weighted by molar-refractivity contribution is 5.96. The van der Waals surface area contributed by atoms with Crippen molar-refractivity contribution in [2.45, 2.75) is 39.2 Å². The third kappa shape index (κ3) is 4.28. The number of pyridine rings is 1. The molecule has 0 aliphatic carbocycles. The van der Waals surface area contributed by atoms with E-state index in [9.17, 15) is 18.4 Å². The second kappa shape index (κ2) is 9.46. The lowest BCUT2D eigenvalue weighted by atomic mass is 9.91. The summed E-state index contributed by atoms with van der Waals surface area (Å²) in [5, 5.41) is 9.14. The molecule has 0 unspecified atom stereocenters. The maximum absolute atomic E-state index is 14.4. The summed E-state index contributed by atoms with van der Waals surface area (Å²) < 4.78 is 28.7. The predicted molar refractivity (Wildman–Crippen MR) is 138 cm³/mol. The first-order valence-electron chi connectivity index (χ1n) is 12.3. The minimum atomic E-state index is -2.73. The number of benzene rings is 2. The van der Waals surface area contributed by atoms with Crippen molar-refractivity contribution < 1.29 is 23.5 Å². The molecule has 2 aromatic carbocycles. The summed E-state index contributed by atoms with van der Waals surface area (Å²) in [7, 11) is 3.52. The molecule has 1 N–H and O–H groups in total. The van der Waals surface area contributed by atoms with Gasteiger partial charge in [0.1, 0.15) is 5.69 Å². The molecule has 3 aromatic rings. The van der Waals surface area contributed by atoms with E-state index in [1.807, 2.05) is 6.07 Å². The molecule has 3 heterocycles. The van der Waals surface area contributed by atoms with Crippen molar-refractivity contribution in [3.05, 3.63) is 70.5 Å². The molecule has 37 heavy (non-hydrogen) atoms. The molecular formula is C28H28F2N4O3. The van der Waals surface area contributed by atoms with Crippen LogP contribution >= 0.6 is 0 Å². The third-order valence-electron chi connectivity index (χ3n) is 7.23. The van der Waals surface area contributed by atoms with Crippen molar-refractivity contribution in [1.29, 1.82) is 0 Å². The van der Waals surface area contributed by atoms with Gasteiger partial charge in [0.15, 0.2) is 0 Å². The van der Waals surface area contributed by atoms with Crippen LogP contribution in [0.2, 0.25) is 0 Å². The van der Waals surface area contributed by atoms with Crippen molar-refractivity contribution >= 4 is 29.1 Å². The van der Waals surface area contributed by atoms with Gasteiger partial charge in [0.05, 0.1) is 12.2 Å². The molecule has 192 valence electrons. The van der Waals surface area contributed by atoms with Crippen LogP contribution in [0.3, 0.4) is 0 Å². The number of carboxylic acids is 1. The number of nitrogens with zero attached hydrogens (tertiary/aromatic N) is 4. The topological polar surface area (TPSA) is 77.0 Å². The highest BCUT2D eigenvalue weighted by Crippen LogP contribution is 2.45. The lowest BCUT2D eigenvalue weighted by Crippen LogP contribution is -2.43. The van der Waals surface area contributed by atoms with E-state index in [-0.39, 0.29) is 17.3 Å². The molecule has 0 radical (unpaired) electrons. The molecule has 0 spiro atoms. The van der Waals surface area contributed by atoms with Gasteiger partial charge in [-0.25, -0.2) is 23.4 Å². The second-order valence-electron chi connectivity index (χ2n) is 9.53. The number of amides is 2. The fourth-order valence-electron chi connectivity index (χ4n) is 5.28. The van der Waals surface area contributed by atoms with Crippen LogP contribution in [0.25, 0.3) is 11.1 Å². The smallest absolute Gasteiger partial charge is 0.354 e. The molecule has 0 bridgehead atoms. The van der Waals surface area contributed by atoms with Crippen molar-refractivity contribution in [2.24, 2.45) is 0 Å². The first-order valence-corrected chi connectivity index (χ1v) is 12.3. The minimum absolute atomic E-state index is 0.0853. The zero-order chi connectivity index (χ0) is 26.4. The van der Waals surface area contributed by atoms with Gasteiger partial charge in [-0.2, -0.15) is 0 Å². The van der Waals surface area contributed by atoms with Crippen LogP contribution in [0.1, 0.15) is 52.5 Å². The summed E-state index contributed by atoms with van der Waals surface area (Å²) in [6, 6.07) is 10.3. The highest BCUT2D eigenvalue weighted by atomic mass is 19.3. The number of urea groups is 1. The molecule has 0 atom stereocenters. The number of carbonyl (C=O) groups excluding carboxylic acids is 1. The molecule has 0 saturated heterocycles. The molecule has 0 saturated carbocycles. The van der Waals surface area contributed by atoms with Gasteiger partial charge in [0, 0.05) is 54.9 Å². The van der Waals surface area contributed by atoms with Crippen LogP contribution < -0.4 is 9.80 Å². The molecule has 9 heteroatoms. The molecule has 1 aromatic heterocycles. The van der Waals surface area contributed by atoms with Gasteiger partial charge in [-0.05, 0) is 66.3 Å². The van der Waals surface area contributed by atoms with Gasteiger partial charge in [-0.15, -0.1) is 0 Å². The summed E-state index contributed by atoms with van der Waals surface area (Å²) >= 11 is 0. The van der Waals surface area contributed by atoms with Crippen molar-refractivity contribution in [3.8, 4) is 11.1 Å². The minimum Gasteiger partial charge on any atom is -0.477 e. The average molecular weight is 507 g/mol. The summed E-state index contributed by atoms with van der Waals surface area (Å²) in [5.41, 5.74) is 6.06. The largest absolute Gasteiger partial charge is 0.477 e. The first-order chi connectivity index (χ1) is 17.7. The summed E-state index contributed by atoms with van der Waals surface area (Å²) in [6.45, 7) is 3.16. The van der Waals surface area contributed by atoms with E-state index in [4.69, 9.17) is 5.11 Å². The number of halogens is 2. The lowest BCUT2D eigenvalue weighted by Gasteiger charge is -2.39. The van der Waals surface area contributed by atoms with E-state index in [1.165, 1.54) is 18.3 Å². The summed E-state index contributed by atoms with van der Waals surface area (Å²) in [4.78, 5) is 33.2. The normalized spacial score (nSPS) is 15.2. The van der Waals surface area contributed by atoms with Crippen molar-refractivity contribution in [2.75, 3.05) is 30.4 Å². The Kier molecular flexibility index (Phi) is 6.31. The number of alkyl halides is 2. The number of anilines is 3. The van der Waals surface area contributed by atoms with E-state index >= 15 is 0 Å². The maximum Gasteiger partial charge on any atom is 0.354 e. The Hall–Kier alpha value is -4.01. The lowest BCUT2D eigenvalue weighted by molar-refractivity contribution is 0.0690. The number of hydrogen-bond acceptors (Lipinski definition) is 4. The fourth-order valence-corrected chi connectivity index (χ4v) is 5.28. The van der Waals surface area contributed by atoms with Crippen LogP contribution in [0, 0.1) is 0 Å². The quantitative estimate of drug-likeness (QED) is 0.457. The van der Waals surface area contributed by atoms with E-state index in [0.29, 0.717) is 24.2 Å². The number of rotatable bonds is 5. The number of aromatic nitrogens is 1. The zero-order valence-electron chi connectivity index (χ0n) is 21.0. The van der Waals surface area contributed by atoms with Crippen LogP contribution in [0.4, 0.5) is 30.6 Å². The molecular weight excluding hydrogens is 478 g/mol. The van der Waals surface area contributed by atoms with Gasteiger partial charge in [0.2, 0.25) is 0 Å². The maximum atomic E-state index is 14.4. The van der Waals surface area contributed by atoms with Crippen LogP contribution in [-0.4, -0.2) is 47.6 Å². The van der Waals surface area contributed by atoms with Gasteiger partial charge in [-0.3, -0.25) is 4.90 Å². The number of aromatic carboxylic acids is 1. The Balaban J connectivity index is 1.66. The van der Waals surface area contributed by atoms with Crippen LogP contribution in [0.15, 0.2) is 42.6 Å². The van der Waals surface area contributed by atoms with Gasteiger partial charge in [-0.1, -0.05) is 13.0 Å². The van der Waals surface area contributed by atoms with Gasteiger partial charge < -0.3 is 14.9 Å². The van der Waals surface area contributed by atoms with E-state index < -0.39 is 12.4 Å². The Morgan fingerprint density at radius 2 is 1.86 bits per heavy atom. The molecule has 0 fully saturated rings. The van der Waals surface area contributed by atoms with Crippen LogP contribution in [-0.2, 0) is 19.4 Å². The third-order valence-corrected chi connectivity index (χ3v) is 7.23. The molecule has 7 nitrogen and oxygen atoms in total. The first kappa shape index (κ1) is 24.7. The SMILES string of the molecule is CCc1cc2c(c(N3CCCc4cc(-c5ccc(C(=O)O)nc5)c(C(F)F)cc43)c1)CN(C)C(=O)N2C. The molecule has 2 aliphatic heterocycles. The molecule has 5 rings (SSSR count). The zero-order valence-corrected chi connectivity index (χ0v) is 21.0. The van der Waals surface area contributed by atoms with Crippen molar-refractivity contribution in [3.63, 3.8) is 0 Å².